The van der Waals surface area contributed by atoms with E-state index in [9.17, 15) is 14.4 Å². The van der Waals surface area contributed by atoms with Crippen LogP contribution >= 0.6 is 0 Å². The van der Waals surface area contributed by atoms with E-state index in [1.54, 1.807) is 41.4 Å². The third-order valence-electron chi connectivity index (χ3n) is 8.36. The summed E-state index contributed by atoms with van der Waals surface area (Å²) in [6.45, 7) is 12.0. The van der Waals surface area contributed by atoms with Gasteiger partial charge in [-0.2, -0.15) is 0 Å². The van der Waals surface area contributed by atoms with E-state index in [4.69, 9.17) is 0 Å². The fourth-order valence-electron chi connectivity index (χ4n) is 6.08. The number of nitrogens with zero attached hydrogens (tertiary/aromatic N) is 4. The number of para-hydroxylation sites is 1. The van der Waals surface area contributed by atoms with E-state index in [2.05, 4.69) is 42.9 Å². The lowest BCUT2D eigenvalue weighted by molar-refractivity contribution is -0.140. The van der Waals surface area contributed by atoms with Crippen molar-refractivity contribution in [2.45, 2.75) is 72.6 Å². The van der Waals surface area contributed by atoms with Crippen LogP contribution in [0.3, 0.4) is 0 Å². The van der Waals surface area contributed by atoms with Gasteiger partial charge in [-0.25, -0.2) is 4.98 Å². The van der Waals surface area contributed by atoms with E-state index in [1.807, 2.05) is 11.0 Å². The average molecular weight is 548 g/mol. The second-order valence-electron chi connectivity index (χ2n) is 11.8. The molecule has 1 aromatic heterocycles. The number of amides is 3. The first-order chi connectivity index (χ1) is 19.2. The van der Waals surface area contributed by atoms with Crippen LogP contribution in [0, 0.1) is 11.3 Å². The van der Waals surface area contributed by atoms with Gasteiger partial charge in [-0.15, -0.1) is 0 Å². The van der Waals surface area contributed by atoms with Crippen molar-refractivity contribution < 1.29 is 14.4 Å². The van der Waals surface area contributed by atoms with Crippen LogP contribution < -0.4 is 10.2 Å². The Morgan fingerprint density at radius 3 is 2.55 bits per heavy atom. The number of hydrogen-bond acceptors (Lipinski definition) is 5. The van der Waals surface area contributed by atoms with Gasteiger partial charge < -0.3 is 10.2 Å². The molecule has 0 atom stereocenters. The summed E-state index contributed by atoms with van der Waals surface area (Å²) in [5.74, 6) is 1.06. The molecule has 1 N–H and O–H groups in total. The number of unbranched alkanes of at least 4 members (excludes halogenated alkanes) is 1. The van der Waals surface area contributed by atoms with E-state index in [0.29, 0.717) is 28.7 Å². The number of fused-ring (bicyclic) bond motifs is 2. The smallest absolute Gasteiger partial charge is 0.257 e. The molecule has 0 radical (unpaired) electrons. The molecule has 2 aliphatic rings. The molecule has 1 fully saturated rings. The minimum Gasteiger partial charge on any atom is -0.343 e. The Hall–Kier alpha value is -3.26. The van der Waals surface area contributed by atoms with Crippen LogP contribution in [0.25, 0.3) is 0 Å². The molecule has 0 spiro atoms. The molecule has 3 amide bonds. The molecule has 40 heavy (non-hydrogen) atoms. The van der Waals surface area contributed by atoms with Crippen molar-refractivity contribution in [1.29, 1.82) is 0 Å². The third kappa shape index (κ3) is 6.89. The van der Waals surface area contributed by atoms with E-state index in [0.717, 1.165) is 71.1 Å². The standard InChI is InChI=1S/C32H45N5O3/c1-5-18-32(3,4)31(40)36(6-2)20-10-9-12-24-16-21-35(22-17-24)23-28(38)37-27-15-8-7-13-25(27)30(39)34-26-14-11-19-33-29(26)37/h7-8,11,13-15,19,24H,5-6,9-10,12,16-18,20-23H2,1-4H3,(H,34,39). The fraction of sp³-hybridized carbons (Fsp3) is 0.562. The maximum atomic E-state index is 13.7. The zero-order valence-electron chi connectivity index (χ0n) is 24.6. The van der Waals surface area contributed by atoms with Crippen molar-refractivity contribution in [2.75, 3.05) is 42.9 Å². The van der Waals surface area contributed by atoms with Crippen molar-refractivity contribution in [3.63, 3.8) is 0 Å². The quantitative estimate of drug-likeness (QED) is 0.356. The molecule has 1 saturated heterocycles. The highest BCUT2D eigenvalue weighted by molar-refractivity contribution is 6.17. The number of piperidine rings is 1. The zero-order chi connectivity index (χ0) is 28.7. The number of likely N-dealkylation sites (tertiary alicyclic amines) is 1. The molecule has 4 rings (SSSR count). The summed E-state index contributed by atoms with van der Waals surface area (Å²) in [4.78, 5) is 49.8. The van der Waals surface area contributed by atoms with Crippen LogP contribution in [0.2, 0.25) is 0 Å². The van der Waals surface area contributed by atoms with Crippen LogP contribution in [0.15, 0.2) is 42.6 Å². The largest absolute Gasteiger partial charge is 0.343 e. The van der Waals surface area contributed by atoms with Crippen molar-refractivity contribution in [3.8, 4) is 0 Å². The van der Waals surface area contributed by atoms with Gasteiger partial charge in [0.2, 0.25) is 11.8 Å². The zero-order valence-corrected chi connectivity index (χ0v) is 24.6. The molecule has 216 valence electrons. The summed E-state index contributed by atoms with van der Waals surface area (Å²) in [5.41, 5.74) is 1.28. The summed E-state index contributed by atoms with van der Waals surface area (Å²) in [6, 6.07) is 10.7. The molecule has 0 bridgehead atoms. The van der Waals surface area contributed by atoms with Crippen molar-refractivity contribution in [1.82, 2.24) is 14.8 Å². The summed E-state index contributed by atoms with van der Waals surface area (Å²) in [7, 11) is 0. The molecule has 0 aliphatic carbocycles. The van der Waals surface area contributed by atoms with Gasteiger partial charge >= 0.3 is 0 Å². The number of benzene rings is 1. The van der Waals surface area contributed by atoms with Crippen LogP contribution in [-0.4, -0.2) is 65.2 Å². The number of anilines is 3. The summed E-state index contributed by atoms with van der Waals surface area (Å²) in [5, 5.41) is 2.90. The van der Waals surface area contributed by atoms with Gasteiger partial charge in [0, 0.05) is 24.7 Å². The number of rotatable bonds is 11. The molecule has 0 unspecified atom stereocenters. The average Bonchev–Trinajstić information content (AvgIpc) is 3.07. The summed E-state index contributed by atoms with van der Waals surface area (Å²) in [6.07, 6.45) is 9.04. The third-order valence-corrected chi connectivity index (χ3v) is 8.36. The molecule has 0 saturated carbocycles. The lowest BCUT2D eigenvalue weighted by atomic mass is 9.86. The maximum Gasteiger partial charge on any atom is 0.257 e. The van der Waals surface area contributed by atoms with E-state index in [-0.39, 0.29) is 29.7 Å². The van der Waals surface area contributed by atoms with Gasteiger partial charge in [-0.3, -0.25) is 24.2 Å². The molecule has 3 heterocycles. The van der Waals surface area contributed by atoms with Gasteiger partial charge in [0.15, 0.2) is 5.82 Å². The number of hydrogen-bond donors (Lipinski definition) is 1. The monoisotopic (exact) mass is 547 g/mol. The van der Waals surface area contributed by atoms with Gasteiger partial charge in [-0.05, 0) is 75.9 Å². The Kier molecular flexibility index (Phi) is 9.95. The molecule has 8 nitrogen and oxygen atoms in total. The van der Waals surface area contributed by atoms with Gasteiger partial charge in [-0.1, -0.05) is 52.2 Å². The molecular formula is C32H45N5O3. The number of aromatic nitrogens is 1. The van der Waals surface area contributed by atoms with Gasteiger partial charge in [0.05, 0.1) is 23.5 Å². The van der Waals surface area contributed by atoms with E-state index in [1.165, 1.54) is 0 Å². The highest BCUT2D eigenvalue weighted by Crippen LogP contribution is 2.36. The Morgan fingerprint density at radius 1 is 1.07 bits per heavy atom. The number of carbonyl (C=O) groups is 3. The second-order valence-corrected chi connectivity index (χ2v) is 11.8. The lowest BCUT2D eigenvalue weighted by Crippen LogP contribution is -2.42. The minimum absolute atomic E-state index is 0.0855. The first-order valence-electron chi connectivity index (χ1n) is 14.9. The molecule has 8 heteroatoms. The van der Waals surface area contributed by atoms with Crippen molar-refractivity contribution in [2.24, 2.45) is 11.3 Å². The normalized spacial score (nSPS) is 16.1. The second kappa shape index (κ2) is 13.4. The maximum absolute atomic E-state index is 13.7. The number of nitrogens with one attached hydrogen (secondary N) is 1. The van der Waals surface area contributed by atoms with Crippen LogP contribution in [0.4, 0.5) is 17.2 Å². The number of carbonyl (C=O) groups excluding carboxylic acids is 3. The van der Waals surface area contributed by atoms with Crippen LogP contribution in [0.1, 0.15) is 83.0 Å². The Morgan fingerprint density at radius 2 is 1.82 bits per heavy atom. The van der Waals surface area contributed by atoms with Crippen LogP contribution in [0.5, 0.6) is 0 Å². The highest BCUT2D eigenvalue weighted by atomic mass is 16.2. The van der Waals surface area contributed by atoms with E-state index < -0.39 is 0 Å². The topological polar surface area (TPSA) is 85.9 Å². The predicted molar refractivity (Wildman–Crippen MR) is 160 cm³/mol. The van der Waals surface area contributed by atoms with Crippen LogP contribution in [-0.2, 0) is 9.59 Å². The Balaban J connectivity index is 1.28. The van der Waals surface area contributed by atoms with Crippen molar-refractivity contribution in [3.05, 3.63) is 48.2 Å². The van der Waals surface area contributed by atoms with Gasteiger partial charge in [0.25, 0.3) is 5.91 Å². The SMILES string of the molecule is CCCC(C)(C)C(=O)N(CC)CCCCC1CCN(CC(=O)N2c3ccccc3C(=O)Nc3cccnc32)CC1. The fourth-order valence-corrected chi connectivity index (χ4v) is 6.08. The minimum atomic E-state index is -0.283. The lowest BCUT2D eigenvalue weighted by Gasteiger charge is -2.33. The Labute approximate surface area is 239 Å². The molecular weight excluding hydrogens is 502 g/mol. The summed E-state index contributed by atoms with van der Waals surface area (Å²) < 4.78 is 0. The first kappa shape index (κ1) is 29.7. The molecule has 2 aliphatic heterocycles. The Bertz CT molecular complexity index is 1190. The van der Waals surface area contributed by atoms with Gasteiger partial charge in [0.1, 0.15) is 0 Å². The molecule has 1 aromatic carbocycles. The van der Waals surface area contributed by atoms with E-state index >= 15 is 0 Å². The number of pyridine rings is 1. The molecule has 2 aromatic rings. The van der Waals surface area contributed by atoms with Crippen molar-refractivity contribution >= 4 is 34.9 Å². The summed E-state index contributed by atoms with van der Waals surface area (Å²) >= 11 is 0. The first-order valence-corrected chi connectivity index (χ1v) is 14.9. The predicted octanol–water partition coefficient (Wildman–Crippen LogP) is 5.87. The highest BCUT2D eigenvalue weighted by Gasteiger charge is 2.32.